The fourth-order valence-electron chi connectivity index (χ4n) is 4.02. The third-order valence-corrected chi connectivity index (χ3v) is 6.59. The van der Waals surface area contributed by atoms with Gasteiger partial charge in [-0.2, -0.15) is 0 Å². The van der Waals surface area contributed by atoms with Crippen LogP contribution in [0.4, 0.5) is 20.2 Å². The first-order chi connectivity index (χ1) is 17.8. The quantitative estimate of drug-likeness (QED) is 0.245. The number of hydrogen-bond acceptors (Lipinski definition) is 5. The topological polar surface area (TPSA) is 63.1 Å². The maximum atomic E-state index is 14.0. The minimum Gasteiger partial charge on any atom is -0.353 e. The zero-order chi connectivity index (χ0) is 26.5. The van der Waals surface area contributed by atoms with Gasteiger partial charge in [0, 0.05) is 35.8 Å². The molecule has 0 spiro atoms. The van der Waals surface area contributed by atoms with Crippen LogP contribution in [0.15, 0.2) is 60.8 Å². The predicted molar refractivity (Wildman–Crippen MR) is 142 cm³/mol. The van der Waals surface area contributed by atoms with Crippen molar-refractivity contribution in [3.8, 4) is 5.69 Å². The van der Waals surface area contributed by atoms with Gasteiger partial charge in [0.05, 0.1) is 28.3 Å². The summed E-state index contributed by atoms with van der Waals surface area (Å²) in [6.45, 7) is 8.99. The van der Waals surface area contributed by atoms with Crippen LogP contribution >= 0.6 is 11.6 Å². The highest BCUT2D eigenvalue weighted by molar-refractivity contribution is 6.35. The zero-order valence-corrected chi connectivity index (χ0v) is 21.7. The molecule has 0 radical (unpaired) electrons. The Bertz CT molecular complexity index is 1420. The third-order valence-electron chi connectivity index (χ3n) is 6.27. The van der Waals surface area contributed by atoms with Gasteiger partial charge in [0.15, 0.2) is 5.78 Å². The lowest BCUT2D eigenvalue weighted by Crippen LogP contribution is -2.25. The summed E-state index contributed by atoms with van der Waals surface area (Å²) in [6.07, 6.45) is 2.67. The summed E-state index contributed by atoms with van der Waals surface area (Å²) in [6, 6.07) is 13.5. The molecule has 0 aliphatic carbocycles. The second-order valence-electron chi connectivity index (χ2n) is 8.70. The Morgan fingerprint density at radius 1 is 1.03 bits per heavy atom. The number of anilines is 2. The van der Waals surface area contributed by atoms with E-state index in [0.29, 0.717) is 16.8 Å². The normalized spacial score (nSPS) is 11.2. The van der Waals surface area contributed by atoms with Crippen LogP contribution in [0.3, 0.4) is 0 Å². The van der Waals surface area contributed by atoms with E-state index in [1.165, 1.54) is 12.1 Å². The van der Waals surface area contributed by atoms with Gasteiger partial charge in [0.25, 0.3) is 0 Å². The van der Waals surface area contributed by atoms with Crippen LogP contribution in [0.25, 0.3) is 5.69 Å². The minimum atomic E-state index is -0.729. The number of ketones is 1. The molecule has 9 heteroatoms. The molecule has 192 valence electrons. The van der Waals surface area contributed by atoms with Crippen LogP contribution < -0.4 is 5.32 Å². The van der Waals surface area contributed by atoms with Crippen molar-refractivity contribution in [2.24, 2.45) is 0 Å². The van der Waals surface area contributed by atoms with Gasteiger partial charge in [-0.15, -0.1) is 5.10 Å². The first-order valence-electron chi connectivity index (χ1n) is 12.1. The van der Waals surface area contributed by atoms with E-state index >= 15 is 0 Å². The van der Waals surface area contributed by atoms with Crippen LogP contribution in [-0.2, 0) is 6.42 Å². The summed E-state index contributed by atoms with van der Waals surface area (Å²) in [5.74, 6) is -1.64. The Labute approximate surface area is 219 Å². The molecule has 0 saturated carbocycles. The third kappa shape index (κ3) is 6.21. The van der Waals surface area contributed by atoms with Gasteiger partial charge in [-0.25, -0.2) is 13.5 Å². The number of benzene rings is 3. The summed E-state index contributed by atoms with van der Waals surface area (Å²) in [7, 11) is 0. The SMILES string of the molecule is CCN(CC)CCc1cn(-c2ccc(C)c(C(=O)c3ccc(Nc4ccc(F)cc4F)cc3Cl)c2)nn1. The molecule has 3 aromatic carbocycles. The van der Waals surface area contributed by atoms with Gasteiger partial charge in [-0.05, 0) is 68.0 Å². The fourth-order valence-corrected chi connectivity index (χ4v) is 4.28. The second-order valence-corrected chi connectivity index (χ2v) is 9.11. The van der Waals surface area contributed by atoms with Crippen molar-refractivity contribution in [3.05, 3.63) is 99.8 Å². The highest BCUT2D eigenvalue weighted by atomic mass is 35.5. The molecule has 1 heterocycles. The molecule has 4 rings (SSSR count). The minimum absolute atomic E-state index is 0.101. The summed E-state index contributed by atoms with van der Waals surface area (Å²) >= 11 is 6.46. The van der Waals surface area contributed by atoms with E-state index in [0.717, 1.165) is 55.1 Å². The smallest absolute Gasteiger partial charge is 0.194 e. The van der Waals surface area contributed by atoms with Crippen molar-refractivity contribution < 1.29 is 13.6 Å². The number of nitrogens with one attached hydrogen (secondary N) is 1. The van der Waals surface area contributed by atoms with E-state index in [1.54, 1.807) is 22.9 Å². The number of halogens is 3. The van der Waals surface area contributed by atoms with Crippen molar-refractivity contribution in [1.29, 1.82) is 0 Å². The molecule has 4 aromatic rings. The van der Waals surface area contributed by atoms with Gasteiger partial charge in [0.2, 0.25) is 0 Å². The van der Waals surface area contributed by atoms with E-state index in [-0.39, 0.29) is 16.5 Å². The standard InChI is InChI=1S/C28H28ClF2N5O/c1-4-35(5-2)13-12-21-17-36(34-33-21)22-9-6-18(3)24(16-22)28(37)23-10-8-20(15-25(23)29)32-27-11-7-19(30)14-26(27)31/h6-11,14-17,32H,4-5,12-13H2,1-3H3. The monoisotopic (exact) mass is 523 g/mol. The lowest BCUT2D eigenvalue weighted by molar-refractivity contribution is 0.103. The number of aryl methyl sites for hydroxylation is 1. The number of hydrogen-bond donors (Lipinski definition) is 1. The van der Waals surface area contributed by atoms with Crippen molar-refractivity contribution in [2.75, 3.05) is 25.0 Å². The van der Waals surface area contributed by atoms with E-state index in [1.807, 2.05) is 25.3 Å². The van der Waals surface area contributed by atoms with Crippen molar-refractivity contribution >= 4 is 28.8 Å². The van der Waals surface area contributed by atoms with Crippen LogP contribution in [0.2, 0.25) is 5.02 Å². The lowest BCUT2D eigenvalue weighted by Gasteiger charge is -2.16. The average Bonchev–Trinajstić information content (AvgIpc) is 3.35. The van der Waals surface area contributed by atoms with E-state index in [2.05, 4.69) is 34.4 Å². The van der Waals surface area contributed by atoms with E-state index in [9.17, 15) is 13.6 Å². The number of carbonyl (C=O) groups excluding carboxylic acids is 1. The molecule has 0 aliphatic heterocycles. The van der Waals surface area contributed by atoms with Crippen LogP contribution in [-0.4, -0.2) is 45.3 Å². The van der Waals surface area contributed by atoms with Gasteiger partial charge in [-0.1, -0.05) is 36.7 Å². The molecule has 6 nitrogen and oxygen atoms in total. The first kappa shape index (κ1) is 26.4. The summed E-state index contributed by atoms with van der Waals surface area (Å²) < 4.78 is 28.8. The van der Waals surface area contributed by atoms with Crippen molar-refractivity contribution in [1.82, 2.24) is 19.9 Å². The molecular weight excluding hydrogens is 496 g/mol. The summed E-state index contributed by atoms with van der Waals surface area (Å²) in [4.78, 5) is 15.7. The Morgan fingerprint density at radius 3 is 2.51 bits per heavy atom. The number of aromatic nitrogens is 3. The Morgan fingerprint density at radius 2 is 1.81 bits per heavy atom. The Hall–Kier alpha value is -3.62. The first-order valence-corrected chi connectivity index (χ1v) is 12.5. The maximum Gasteiger partial charge on any atom is 0.194 e. The van der Waals surface area contributed by atoms with Crippen molar-refractivity contribution in [2.45, 2.75) is 27.2 Å². The van der Waals surface area contributed by atoms with Crippen LogP contribution in [0.5, 0.6) is 0 Å². The zero-order valence-electron chi connectivity index (χ0n) is 20.9. The van der Waals surface area contributed by atoms with Crippen molar-refractivity contribution in [3.63, 3.8) is 0 Å². The van der Waals surface area contributed by atoms with Gasteiger partial charge < -0.3 is 10.2 Å². The van der Waals surface area contributed by atoms with Crippen LogP contribution in [0, 0.1) is 18.6 Å². The molecular formula is C28H28ClF2N5O. The molecule has 0 saturated heterocycles. The Balaban J connectivity index is 1.54. The van der Waals surface area contributed by atoms with E-state index in [4.69, 9.17) is 11.6 Å². The molecule has 0 bridgehead atoms. The molecule has 1 N–H and O–H groups in total. The van der Waals surface area contributed by atoms with Gasteiger partial charge in [0.1, 0.15) is 11.6 Å². The number of rotatable bonds is 10. The molecule has 1 aromatic heterocycles. The second kappa shape index (κ2) is 11.6. The number of nitrogens with zero attached hydrogens (tertiary/aromatic N) is 4. The molecule has 0 aliphatic rings. The maximum absolute atomic E-state index is 14.0. The van der Waals surface area contributed by atoms with Crippen LogP contribution in [0.1, 0.15) is 41.0 Å². The molecule has 0 amide bonds. The lowest BCUT2D eigenvalue weighted by atomic mass is 9.98. The fraction of sp³-hybridized carbons (Fsp3) is 0.250. The summed E-state index contributed by atoms with van der Waals surface area (Å²) in [5, 5.41) is 11.6. The highest BCUT2D eigenvalue weighted by Gasteiger charge is 2.17. The van der Waals surface area contributed by atoms with Gasteiger partial charge >= 0.3 is 0 Å². The molecule has 0 fully saturated rings. The summed E-state index contributed by atoms with van der Waals surface area (Å²) in [5.41, 5.74) is 3.76. The predicted octanol–water partition coefficient (Wildman–Crippen LogP) is 6.37. The van der Waals surface area contributed by atoms with E-state index < -0.39 is 11.6 Å². The molecule has 0 unspecified atom stereocenters. The Kier molecular flexibility index (Phi) is 8.31. The number of likely N-dealkylation sites (N-methyl/N-ethyl adjacent to an activating group) is 1. The molecule has 37 heavy (non-hydrogen) atoms. The largest absolute Gasteiger partial charge is 0.353 e. The van der Waals surface area contributed by atoms with Gasteiger partial charge in [-0.3, -0.25) is 4.79 Å². The molecule has 0 atom stereocenters. The number of carbonyl (C=O) groups is 1. The highest BCUT2D eigenvalue weighted by Crippen LogP contribution is 2.28. The average molecular weight is 524 g/mol.